The number of aliphatic hydroxyl groups is 1. The summed E-state index contributed by atoms with van der Waals surface area (Å²) < 4.78 is 4.93. The first-order chi connectivity index (χ1) is 9.46. The molecule has 20 heavy (non-hydrogen) atoms. The van der Waals surface area contributed by atoms with Crippen molar-refractivity contribution in [1.82, 2.24) is 5.32 Å². The van der Waals surface area contributed by atoms with Crippen LogP contribution in [0.1, 0.15) is 18.9 Å². The quantitative estimate of drug-likeness (QED) is 0.407. The van der Waals surface area contributed by atoms with E-state index in [9.17, 15) is 15.2 Å². The highest BCUT2D eigenvalue weighted by Crippen LogP contribution is 2.17. The standard InChI is InChI=1S/C14H22N2O4/c1-14(17,8-10-20-2)11-15-9-7-12-5-3-4-6-13(12)16(18)19/h3-6,15,17H,7-11H2,1-2H3. The van der Waals surface area contributed by atoms with Gasteiger partial charge in [-0.25, -0.2) is 0 Å². The van der Waals surface area contributed by atoms with Crippen LogP contribution in [0, 0.1) is 10.1 Å². The summed E-state index contributed by atoms with van der Waals surface area (Å²) in [6, 6.07) is 6.70. The van der Waals surface area contributed by atoms with Crippen molar-refractivity contribution in [2.45, 2.75) is 25.4 Å². The van der Waals surface area contributed by atoms with E-state index in [2.05, 4.69) is 5.32 Å². The minimum Gasteiger partial charge on any atom is -0.389 e. The van der Waals surface area contributed by atoms with Crippen molar-refractivity contribution in [2.75, 3.05) is 26.8 Å². The van der Waals surface area contributed by atoms with E-state index in [0.717, 1.165) is 0 Å². The van der Waals surface area contributed by atoms with Crippen LogP contribution < -0.4 is 5.32 Å². The Bertz CT molecular complexity index is 435. The number of ether oxygens (including phenoxy) is 1. The molecule has 0 amide bonds. The van der Waals surface area contributed by atoms with E-state index in [-0.39, 0.29) is 10.6 Å². The molecule has 1 aromatic rings. The molecule has 0 bridgehead atoms. The third-order valence-corrected chi connectivity index (χ3v) is 3.11. The maximum absolute atomic E-state index is 10.9. The Morgan fingerprint density at radius 1 is 1.45 bits per heavy atom. The van der Waals surface area contributed by atoms with Gasteiger partial charge < -0.3 is 15.2 Å². The number of nitro benzene ring substituents is 1. The minimum atomic E-state index is -0.835. The molecule has 0 fully saturated rings. The summed E-state index contributed by atoms with van der Waals surface area (Å²) >= 11 is 0. The van der Waals surface area contributed by atoms with Crippen molar-refractivity contribution in [2.24, 2.45) is 0 Å². The number of hydrogen-bond acceptors (Lipinski definition) is 5. The Labute approximate surface area is 118 Å². The van der Waals surface area contributed by atoms with Crippen LogP contribution in [-0.2, 0) is 11.2 Å². The van der Waals surface area contributed by atoms with Gasteiger partial charge in [-0.05, 0) is 19.9 Å². The smallest absolute Gasteiger partial charge is 0.272 e. The van der Waals surface area contributed by atoms with E-state index in [0.29, 0.717) is 38.1 Å². The molecule has 1 unspecified atom stereocenters. The number of nitrogens with one attached hydrogen (secondary N) is 1. The number of methoxy groups -OCH3 is 1. The van der Waals surface area contributed by atoms with Gasteiger partial charge in [-0.3, -0.25) is 10.1 Å². The van der Waals surface area contributed by atoms with Crippen LogP contribution in [0.5, 0.6) is 0 Å². The van der Waals surface area contributed by atoms with Crippen LogP contribution in [0.25, 0.3) is 0 Å². The van der Waals surface area contributed by atoms with Gasteiger partial charge in [0.05, 0.1) is 10.5 Å². The lowest BCUT2D eigenvalue weighted by Crippen LogP contribution is -2.39. The third kappa shape index (κ3) is 5.64. The molecule has 0 saturated carbocycles. The average Bonchev–Trinajstić information content (AvgIpc) is 2.42. The second-order valence-electron chi connectivity index (χ2n) is 5.05. The number of para-hydroxylation sites is 1. The summed E-state index contributed by atoms with van der Waals surface area (Å²) in [5, 5.41) is 24.0. The fourth-order valence-electron chi connectivity index (χ4n) is 1.89. The minimum absolute atomic E-state index is 0.139. The maximum atomic E-state index is 10.9. The van der Waals surface area contributed by atoms with Gasteiger partial charge in [-0.2, -0.15) is 0 Å². The van der Waals surface area contributed by atoms with Crippen molar-refractivity contribution in [3.8, 4) is 0 Å². The fourth-order valence-corrected chi connectivity index (χ4v) is 1.89. The number of rotatable bonds is 9. The van der Waals surface area contributed by atoms with Crippen LogP contribution >= 0.6 is 0 Å². The maximum Gasteiger partial charge on any atom is 0.272 e. The second kappa shape index (κ2) is 7.94. The van der Waals surface area contributed by atoms with E-state index in [1.165, 1.54) is 6.07 Å². The van der Waals surface area contributed by atoms with Crippen LogP contribution in [-0.4, -0.2) is 42.4 Å². The summed E-state index contributed by atoms with van der Waals surface area (Å²) in [4.78, 5) is 10.5. The normalized spacial score (nSPS) is 13.9. The van der Waals surface area contributed by atoms with Gasteiger partial charge in [-0.1, -0.05) is 18.2 Å². The number of hydrogen-bond donors (Lipinski definition) is 2. The first kappa shape index (κ1) is 16.6. The van der Waals surface area contributed by atoms with Crippen molar-refractivity contribution in [3.05, 3.63) is 39.9 Å². The number of benzene rings is 1. The largest absolute Gasteiger partial charge is 0.389 e. The average molecular weight is 282 g/mol. The number of nitrogens with zero attached hydrogens (tertiary/aromatic N) is 1. The van der Waals surface area contributed by atoms with Crippen LogP contribution in [0.4, 0.5) is 5.69 Å². The molecule has 112 valence electrons. The zero-order chi connectivity index (χ0) is 15.0. The van der Waals surface area contributed by atoms with Gasteiger partial charge >= 0.3 is 0 Å². The lowest BCUT2D eigenvalue weighted by Gasteiger charge is -2.23. The first-order valence-corrected chi connectivity index (χ1v) is 6.60. The Morgan fingerprint density at radius 3 is 2.80 bits per heavy atom. The highest BCUT2D eigenvalue weighted by Gasteiger charge is 2.19. The molecule has 6 heteroatoms. The molecule has 0 aliphatic heterocycles. The summed E-state index contributed by atoms with van der Waals surface area (Å²) in [7, 11) is 1.60. The molecule has 0 saturated heterocycles. The van der Waals surface area contributed by atoms with E-state index in [4.69, 9.17) is 4.74 Å². The zero-order valence-corrected chi connectivity index (χ0v) is 12.0. The topological polar surface area (TPSA) is 84.6 Å². The molecule has 0 aromatic heterocycles. The molecule has 6 nitrogen and oxygen atoms in total. The van der Waals surface area contributed by atoms with Gasteiger partial charge in [0, 0.05) is 38.3 Å². The second-order valence-corrected chi connectivity index (χ2v) is 5.05. The molecule has 0 aliphatic rings. The van der Waals surface area contributed by atoms with Crippen LogP contribution in [0.3, 0.4) is 0 Å². The van der Waals surface area contributed by atoms with Crippen LogP contribution in [0.15, 0.2) is 24.3 Å². The molecule has 1 rings (SSSR count). The molecule has 0 heterocycles. The predicted octanol–water partition coefficient (Wildman–Crippen LogP) is 1.51. The summed E-state index contributed by atoms with van der Waals surface area (Å²) in [5.41, 5.74) is 0.000473. The summed E-state index contributed by atoms with van der Waals surface area (Å²) in [5.74, 6) is 0. The van der Waals surface area contributed by atoms with Crippen molar-refractivity contribution >= 4 is 5.69 Å². The first-order valence-electron chi connectivity index (χ1n) is 6.60. The molecule has 0 aliphatic carbocycles. The molecular weight excluding hydrogens is 260 g/mol. The molecule has 1 aromatic carbocycles. The van der Waals surface area contributed by atoms with Crippen molar-refractivity contribution < 1.29 is 14.8 Å². The SMILES string of the molecule is COCCC(C)(O)CNCCc1ccccc1[N+](=O)[O-]. The fraction of sp³-hybridized carbons (Fsp3) is 0.571. The van der Waals surface area contributed by atoms with Gasteiger partial charge in [0.2, 0.25) is 0 Å². The van der Waals surface area contributed by atoms with Crippen LogP contribution in [0.2, 0.25) is 0 Å². The Balaban J connectivity index is 2.40. The van der Waals surface area contributed by atoms with Gasteiger partial charge in [0.25, 0.3) is 5.69 Å². The molecule has 1 atom stereocenters. The van der Waals surface area contributed by atoms with Gasteiger partial charge in [0.15, 0.2) is 0 Å². The zero-order valence-electron chi connectivity index (χ0n) is 12.0. The molecule has 0 radical (unpaired) electrons. The highest BCUT2D eigenvalue weighted by molar-refractivity contribution is 5.39. The van der Waals surface area contributed by atoms with E-state index in [1.807, 2.05) is 0 Å². The lowest BCUT2D eigenvalue weighted by molar-refractivity contribution is -0.385. The van der Waals surface area contributed by atoms with E-state index >= 15 is 0 Å². The van der Waals surface area contributed by atoms with Gasteiger partial charge in [0.1, 0.15) is 0 Å². The van der Waals surface area contributed by atoms with Crippen molar-refractivity contribution in [1.29, 1.82) is 0 Å². The molecular formula is C14H22N2O4. The monoisotopic (exact) mass is 282 g/mol. The summed E-state index contributed by atoms with van der Waals surface area (Å²) in [6.45, 7) is 3.24. The Kier molecular flexibility index (Phi) is 6.57. The van der Waals surface area contributed by atoms with Crippen molar-refractivity contribution in [3.63, 3.8) is 0 Å². The van der Waals surface area contributed by atoms with Gasteiger partial charge in [-0.15, -0.1) is 0 Å². The number of nitro groups is 1. The Hall–Kier alpha value is -1.50. The highest BCUT2D eigenvalue weighted by atomic mass is 16.6. The molecule has 2 N–H and O–H groups in total. The van der Waals surface area contributed by atoms with E-state index in [1.54, 1.807) is 32.2 Å². The predicted molar refractivity (Wildman–Crippen MR) is 76.8 cm³/mol. The lowest BCUT2D eigenvalue weighted by atomic mass is 10.0. The van der Waals surface area contributed by atoms with E-state index < -0.39 is 5.60 Å². The Morgan fingerprint density at radius 2 is 2.15 bits per heavy atom. The molecule has 0 spiro atoms. The third-order valence-electron chi connectivity index (χ3n) is 3.11. The summed E-state index contributed by atoms with van der Waals surface area (Å²) in [6.07, 6.45) is 1.10.